The second kappa shape index (κ2) is 8.76. The lowest BCUT2D eigenvalue weighted by molar-refractivity contribution is -0.135. The zero-order valence-electron chi connectivity index (χ0n) is 13.7. The highest BCUT2D eigenvalue weighted by Gasteiger charge is 2.29. The number of rotatable bonds is 6. The molecule has 6 heteroatoms. The highest BCUT2D eigenvalue weighted by molar-refractivity contribution is 5.94. The molecule has 0 aromatic heterocycles. The van der Waals surface area contributed by atoms with Crippen LogP contribution in [0.4, 0.5) is 0 Å². The molecule has 1 rings (SSSR count). The topological polar surface area (TPSA) is 75.4 Å². The summed E-state index contributed by atoms with van der Waals surface area (Å²) in [6, 6.07) is 7.20. The first-order valence-corrected chi connectivity index (χ1v) is 7.17. The van der Waals surface area contributed by atoms with Gasteiger partial charge in [0.1, 0.15) is 0 Å². The van der Waals surface area contributed by atoms with Crippen molar-refractivity contribution < 1.29 is 9.59 Å². The molecular formula is C16H26ClN3O2. The minimum atomic E-state index is -0.828. The fraction of sp³-hybridized carbons (Fsp3) is 0.500. The predicted molar refractivity (Wildman–Crippen MR) is 91.1 cm³/mol. The lowest BCUT2D eigenvalue weighted by Gasteiger charge is -2.29. The summed E-state index contributed by atoms with van der Waals surface area (Å²) in [4.78, 5) is 25.4. The van der Waals surface area contributed by atoms with Crippen molar-refractivity contribution in [1.82, 2.24) is 10.2 Å². The fourth-order valence-corrected chi connectivity index (χ4v) is 2.31. The number of nitrogens with zero attached hydrogens (tertiary/aromatic N) is 1. The SMILES string of the molecule is CCCC(C)(N)C(=O)N(C)Cc1ccc(C(=O)NC)cc1.Cl. The Kier molecular flexibility index (Phi) is 8.12. The summed E-state index contributed by atoms with van der Waals surface area (Å²) in [5, 5.41) is 2.57. The molecule has 0 aliphatic heterocycles. The van der Waals surface area contributed by atoms with E-state index in [2.05, 4.69) is 5.32 Å². The maximum atomic E-state index is 12.3. The predicted octanol–water partition coefficient (Wildman–Crippen LogP) is 1.94. The van der Waals surface area contributed by atoms with E-state index in [1.54, 1.807) is 38.1 Å². The van der Waals surface area contributed by atoms with Crippen molar-refractivity contribution in [2.45, 2.75) is 38.8 Å². The van der Waals surface area contributed by atoms with Crippen LogP contribution in [-0.2, 0) is 11.3 Å². The maximum absolute atomic E-state index is 12.3. The molecule has 0 fully saturated rings. The molecule has 5 nitrogen and oxygen atoms in total. The summed E-state index contributed by atoms with van der Waals surface area (Å²) in [5.74, 6) is -0.191. The third-order valence-corrected chi connectivity index (χ3v) is 3.47. The van der Waals surface area contributed by atoms with E-state index in [9.17, 15) is 9.59 Å². The Labute approximate surface area is 138 Å². The highest BCUT2D eigenvalue weighted by Crippen LogP contribution is 2.14. The summed E-state index contributed by atoms with van der Waals surface area (Å²) >= 11 is 0. The van der Waals surface area contributed by atoms with Gasteiger partial charge in [-0.2, -0.15) is 0 Å². The summed E-state index contributed by atoms with van der Waals surface area (Å²) in [6.07, 6.45) is 1.53. The average molecular weight is 328 g/mol. The van der Waals surface area contributed by atoms with Crippen LogP contribution in [0.15, 0.2) is 24.3 Å². The van der Waals surface area contributed by atoms with Crippen LogP contribution in [-0.4, -0.2) is 36.3 Å². The summed E-state index contributed by atoms with van der Waals surface area (Å²) in [5.41, 5.74) is 6.80. The van der Waals surface area contributed by atoms with Crippen molar-refractivity contribution in [2.24, 2.45) is 5.73 Å². The van der Waals surface area contributed by atoms with Gasteiger partial charge in [0.25, 0.3) is 5.91 Å². The van der Waals surface area contributed by atoms with E-state index >= 15 is 0 Å². The third kappa shape index (κ3) is 5.31. The molecule has 1 aromatic rings. The zero-order chi connectivity index (χ0) is 16.0. The molecule has 0 aliphatic carbocycles. The first-order chi connectivity index (χ1) is 9.81. The van der Waals surface area contributed by atoms with E-state index in [0.29, 0.717) is 18.5 Å². The molecule has 1 aromatic carbocycles. The van der Waals surface area contributed by atoms with Crippen LogP contribution in [0.25, 0.3) is 0 Å². The number of nitrogens with two attached hydrogens (primary N) is 1. The molecule has 0 saturated heterocycles. The number of nitrogens with one attached hydrogen (secondary N) is 1. The number of carbonyl (C=O) groups excluding carboxylic acids is 2. The highest BCUT2D eigenvalue weighted by atomic mass is 35.5. The molecule has 0 aliphatic rings. The molecule has 22 heavy (non-hydrogen) atoms. The van der Waals surface area contributed by atoms with Gasteiger partial charge in [-0.05, 0) is 31.0 Å². The molecule has 0 heterocycles. The van der Waals surface area contributed by atoms with Crippen LogP contribution < -0.4 is 11.1 Å². The normalized spacial score (nSPS) is 12.8. The Balaban J connectivity index is 0.00000441. The van der Waals surface area contributed by atoms with Crippen molar-refractivity contribution in [3.05, 3.63) is 35.4 Å². The number of benzene rings is 1. The molecule has 1 atom stereocenters. The van der Waals surface area contributed by atoms with Gasteiger partial charge in [0.15, 0.2) is 0 Å². The number of halogens is 1. The van der Waals surface area contributed by atoms with Crippen molar-refractivity contribution >= 4 is 24.2 Å². The largest absolute Gasteiger partial charge is 0.355 e. The van der Waals surface area contributed by atoms with Crippen molar-refractivity contribution in [1.29, 1.82) is 0 Å². The van der Waals surface area contributed by atoms with Gasteiger partial charge in [-0.3, -0.25) is 9.59 Å². The van der Waals surface area contributed by atoms with Crippen LogP contribution in [0.5, 0.6) is 0 Å². The van der Waals surface area contributed by atoms with Gasteiger partial charge in [-0.15, -0.1) is 12.4 Å². The van der Waals surface area contributed by atoms with Gasteiger partial charge in [0, 0.05) is 26.2 Å². The van der Waals surface area contributed by atoms with Crippen molar-refractivity contribution in [2.75, 3.05) is 14.1 Å². The summed E-state index contributed by atoms with van der Waals surface area (Å²) < 4.78 is 0. The lowest BCUT2D eigenvalue weighted by atomic mass is 9.95. The number of carbonyl (C=O) groups is 2. The minimum absolute atomic E-state index is 0. The van der Waals surface area contributed by atoms with Crippen LogP contribution in [0.2, 0.25) is 0 Å². The Morgan fingerprint density at radius 3 is 2.27 bits per heavy atom. The Morgan fingerprint density at radius 1 is 1.27 bits per heavy atom. The summed E-state index contributed by atoms with van der Waals surface area (Å²) in [6.45, 7) is 4.25. The Bertz CT molecular complexity index is 501. The van der Waals surface area contributed by atoms with Crippen LogP contribution >= 0.6 is 12.4 Å². The third-order valence-electron chi connectivity index (χ3n) is 3.47. The monoisotopic (exact) mass is 327 g/mol. The van der Waals surface area contributed by atoms with Crippen LogP contribution in [0.1, 0.15) is 42.6 Å². The second-order valence-electron chi connectivity index (χ2n) is 5.60. The lowest BCUT2D eigenvalue weighted by Crippen LogP contribution is -2.51. The average Bonchev–Trinajstić information content (AvgIpc) is 2.46. The van der Waals surface area contributed by atoms with Crippen molar-refractivity contribution in [3.8, 4) is 0 Å². The van der Waals surface area contributed by atoms with E-state index in [-0.39, 0.29) is 24.2 Å². The van der Waals surface area contributed by atoms with Gasteiger partial charge in [-0.25, -0.2) is 0 Å². The number of hydrogen-bond acceptors (Lipinski definition) is 3. The first kappa shape index (κ1) is 20.4. The first-order valence-electron chi connectivity index (χ1n) is 7.17. The Morgan fingerprint density at radius 2 is 1.82 bits per heavy atom. The van der Waals surface area contributed by atoms with E-state index in [0.717, 1.165) is 12.0 Å². The molecule has 0 bridgehead atoms. The second-order valence-corrected chi connectivity index (χ2v) is 5.60. The molecule has 3 N–H and O–H groups in total. The van der Waals surface area contributed by atoms with E-state index in [1.165, 1.54) is 0 Å². The molecule has 2 amide bonds. The Hall–Kier alpha value is -1.59. The summed E-state index contributed by atoms with van der Waals surface area (Å²) in [7, 11) is 3.34. The van der Waals surface area contributed by atoms with Crippen LogP contribution in [0, 0.1) is 0 Å². The van der Waals surface area contributed by atoms with Gasteiger partial charge < -0.3 is 16.0 Å². The smallest absolute Gasteiger partial charge is 0.251 e. The molecule has 124 valence electrons. The van der Waals surface area contributed by atoms with Gasteiger partial charge in [0.2, 0.25) is 5.91 Å². The fourth-order valence-electron chi connectivity index (χ4n) is 2.31. The standard InChI is InChI=1S/C16H25N3O2.ClH/c1-5-10-16(2,17)15(21)19(4)11-12-6-8-13(9-7-12)14(20)18-3;/h6-9H,5,10-11,17H2,1-4H3,(H,18,20);1H. The molecule has 0 saturated carbocycles. The quantitative estimate of drug-likeness (QED) is 0.838. The van der Waals surface area contributed by atoms with Gasteiger partial charge in [-0.1, -0.05) is 25.5 Å². The number of amides is 2. The molecule has 1 unspecified atom stereocenters. The number of hydrogen-bond donors (Lipinski definition) is 2. The van der Waals surface area contributed by atoms with Crippen molar-refractivity contribution in [3.63, 3.8) is 0 Å². The number of likely N-dealkylation sites (N-methyl/N-ethyl adjacent to an activating group) is 1. The van der Waals surface area contributed by atoms with E-state index < -0.39 is 5.54 Å². The van der Waals surface area contributed by atoms with Crippen LogP contribution in [0.3, 0.4) is 0 Å². The zero-order valence-corrected chi connectivity index (χ0v) is 14.5. The van der Waals surface area contributed by atoms with E-state index in [1.807, 2.05) is 19.1 Å². The maximum Gasteiger partial charge on any atom is 0.251 e. The van der Waals surface area contributed by atoms with E-state index in [4.69, 9.17) is 5.73 Å². The molecule has 0 spiro atoms. The molecule has 0 radical (unpaired) electrons. The molecular weight excluding hydrogens is 302 g/mol. The van der Waals surface area contributed by atoms with Gasteiger partial charge in [0.05, 0.1) is 5.54 Å². The minimum Gasteiger partial charge on any atom is -0.355 e. The van der Waals surface area contributed by atoms with Gasteiger partial charge >= 0.3 is 0 Å².